The lowest BCUT2D eigenvalue weighted by Crippen LogP contribution is -2.38. The average molecular weight is 461 g/mol. The number of aliphatic imine (C=N–C) groups is 1. The van der Waals surface area contributed by atoms with Crippen molar-refractivity contribution in [3.63, 3.8) is 0 Å². The molecule has 0 saturated heterocycles. The van der Waals surface area contributed by atoms with Crippen LogP contribution < -0.4 is 10.6 Å². The number of rotatable bonds is 6. The fourth-order valence-corrected chi connectivity index (χ4v) is 2.94. The van der Waals surface area contributed by atoms with Crippen LogP contribution in [0, 0.1) is 5.82 Å². The number of nitrogens with one attached hydrogen (secondary N) is 2. The first kappa shape index (κ1) is 20.6. The molecule has 0 heterocycles. The van der Waals surface area contributed by atoms with E-state index in [4.69, 9.17) is 0 Å². The average Bonchev–Trinajstić information content (AvgIpc) is 2.60. The molecular weight excluding hydrogens is 440 g/mol. The molecule has 24 heavy (non-hydrogen) atoms. The third-order valence-corrected chi connectivity index (χ3v) is 4.56. The summed E-state index contributed by atoms with van der Waals surface area (Å²) < 4.78 is 24.9. The molecule has 1 unspecified atom stereocenters. The van der Waals surface area contributed by atoms with Crippen molar-refractivity contribution in [2.24, 2.45) is 4.99 Å². The summed E-state index contributed by atoms with van der Waals surface area (Å²) >= 11 is 0. The van der Waals surface area contributed by atoms with Gasteiger partial charge in [-0.2, -0.15) is 0 Å². The molecule has 0 aliphatic rings. The highest BCUT2D eigenvalue weighted by Gasteiger charge is 2.04. The molecular formula is C17H21FIN3OS. The van der Waals surface area contributed by atoms with Gasteiger partial charge in [0.2, 0.25) is 0 Å². The number of hydrogen-bond donors (Lipinski definition) is 2. The van der Waals surface area contributed by atoms with Crippen LogP contribution >= 0.6 is 24.0 Å². The second-order valence-electron chi connectivity index (χ2n) is 4.84. The molecule has 0 aliphatic heterocycles. The van der Waals surface area contributed by atoms with E-state index < -0.39 is 10.8 Å². The van der Waals surface area contributed by atoms with Crippen molar-refractivity contribution in [2.45, 2.75) is 11.4 Å². The minimum Gasteiger partial charge on any atom is -0.355 e. The molecule has 0 bridgehead atoms. The molecule has 0 radical (unpaired) electrons. The summed E-state index contributed by atoms with van der Waals surface area (Å²) in [5, 5.41) is 6.26. The van der Waals surface area contributed by atoms with Crippen LogP contribution in [0.3, 0.4) is 0 Å². The Kier molecular flexibility index (Phi) is 9.55. The van der Waals surface area contributed by atoms with E-state index in [1.165, 1.54) is 12.1 Å². The maximum atomic E-state index is 12.8. The van der Waals surface area contributed by atoms with Crippen LogP contribution in [0.15, 0.2) is 64.5 Å². The van der Waals surface area contributed by atoms with Gasteiger partial charge in [0, 0.05) is 30.8 Å². The van der Waals surface area contributed by atoms with Crippen molar-refractivity contribution in [2.75, 3.05) is 19.3 Å². The first-order valence-corrected chi connectivity index (χ1v) is 8.63. The highest BCUT2D eigenvalue weighted by Crippen LogP contribution is 2.04. The first-order chi connectivity index (χ1) is 11.2. The number of halogens is 2. The van der Waals surface area contributed by atoms with Gasteiger partial charge in [-0.3, -0.25) is 9.20 Å². The summed E-state index contributed by atoms with van der Waals surface area (Å²) in [6.07, 6.45) is 0. The molecule has 130 valence electrons. The van der Waals surface area contributed by atoms with E-state index in [2.05, 4.69) is 15.6 Å². The zero-order chi connectivity index (χ0) is 16.5. The van der Waals surface area contributed by atoms with E-state index in [0.717, 1.165) is 10.5 Å². The van der Waals surface area contributed by atoms with E-state index in [0.29, 0.717) is 24.8 Å². The number of benzene rings is 2. The van der Waals surface area contributed by atoms with E-state index in [1.807, 2.05) is 30.3 Å². The van der Waals surface area contributed by atoms with Gasteiger partial charge in [-0.1, -0.05) is 30.3 Å². The Bertz CT molecular complexity index is 665. The van der Waals surface area contributed by atoms with Crippen molar-refractivity contribution in [1.29, 1.82) is 0 Å². The van der Waals surface area contributed by atoms with Gasteiger partial charge in [0.25, 0.3) is 0 Å². The molecule has 0 aliphatic carbocycles. The topological polar surface area (TPSA) is 53.5 Å². The van der Waals surface area contributed by atoms with Gasteiger partial charge >= 0.3 is 0 Å². The van der Waals surface area contributed by atoms with Gasteiger partial charge in [-0.25, -0.2) is 4.39 Å². The van der Waals surface area contributed by atoms with Crippen LogP contribution in [0.5, 0.6) is 0 Å². The molecule has 0 fully saturated rings. The minimum absolute atomic E-state index is 0. The Morgan fingerprint density at radius 1 is 1.08 bits per heavy atom. The second-order valence-corrected chi connectivity index (χ2v) is 6.41. The molecule has 0 saturated carbocycles. The smallest absolute Gasteiger partial charge is 0.191 e. The van der Waals surface area contributed by atoms with Crippen molar-refractivity contribution >= 4 is 40.7 Å². The molecule has 4 nitrogen and oxygen atoms in total. The highest BCUT2D eigenvalue weighted by molar-refractivity contribution is 14.0. The summed E-state index contributed by atoms with van der Waals surface area (Å²) in [6.45, 7) is 1.09. The number of guanidine groups is 1. The first-order valence-electron chi connectivity index (χ1n) is 7.31. The van der Waals surface area contributed by atoms with Crippen LogP contribution in [-0.2, 0) is 17.3 Å². The fraction of sp³-hybridized carbons (Fsp3) is 0.235. The molecule has 2 aromatic rings. The molecule has 0 amide bonds. The predicted molar refractivity (Wildman–Crippen MR) is 108 cm³/mol. The van der Waals surface area contributed by atoms with Gasteiger partial charge in [0.1, 0.15) is 5.82 Å². The standard InChI is InChI=1S/C17H20FN3OS.HI/c1-19-17(21-13-14-7-9-15(18)10-8-14)20-11-12-23(22)16-5-3-2-4-6-16;/h2-10H,11-13H2,1H3,(H2,19,20,21);1H. The zero-order valence-electron chi connectivity index (χ0n) is 13.4. The summed E-state index contributed by atoms with van der Waals surface area (Å²) in [7, 11) is 0.643. The fourth-order valence-electron chi connectivity index (χ4n) is 1.96. The molecule has 0 aromatic heterocycles. The van der Waals surface area contributed by atoms with Crippen molar-refractivity contribution < 1.29 is 8.60 Å². The SMILES string of the molecule is CN=C(NCCS(=O)c1ccccc1)NCc1ccc(F)cc1.I. The molecule has 1 atom stereocenters. The van der Waals surface area contributed by atoms with Crippen LogP contribution in [0.2, 0.25) is 0 Å². The number of hydrogen-bond acceptors (Lipinski definition) is 2. The van der Waals surface area contributed by atoms with E-state index in [9.17, 15) is 8.60 Å². The van der Waals surface area contributed by atoms with Gasteiger partial charge in [-0.15, -0.1) is 24.0 Å². The Hall–Kier alpha value is -1.48. The van der Waals surface area contributed by atoms with E-state index in [-0.39, 0.29) is 29.8 Å². The molecule has 2 aromatic carbocycles. The van der Waals surface area contributed by atoms with Crippen LogP contribution in [0.4, 0.5) is 4.39 Å². The lowest BCUT2D eigenvalue weighted by atomic mass is 10.2. The Labute approximate surface area is 161 Å². The summed E-state index contributed by atoms with van der Waals surface area (Å²) in [5.74, 6) is 0.875. The van der Waals surface area contributed by atoms with Crippen molar-refractivity contribution in [3.8, 4) is 0 Å². The molecule has 2 rings (SSSR count). The van der Waals surface area contributed by atoms with Gasteiger partial charge in [0.05, 0.1) is 10.8 Å². The third-order valence-electron chi connectivity index (χ3n) is 3.18. The van der Waals surface area contributed by atoms with Crippen molar-refractivity contribution in [3.05, 3.63) is 66.0 Å². The Morgan fingerprint density at radius 3 is 2.38 bits per heavy atom. The summed E-state index contributed by atoms with van der Waals surface area (Å²) in [5.41, 5.74) is 0.960. The third kappa shape index (κ3) is 6.96. The van der Waals surface area contributed by atoms with Gasteiger partial charge in [-0.05, 0) is 29.8 Å². The van der Waals surface area contributed by atoms with Gasteiger partial charge < -0.3 is 10.6 Å². The maximum absolute atomic E-state index is 12.8. The van der Waals surface area contributed by atoms with Crippen LogP contribution in [0.25, 0.3) is 0 Å². The van der Waals surface area contributed by atoms with Crippen molar-refractivity contribution in [1.82, 2.24) is 10.6 Å². The number of nitrogens with zero attached hydrogens (tertiary/aromatic N) is 1. The van der Waals surface area contributed by atoms with Crippen LogP contribution in [-0.4, -0.2) is 29.5 Å². The molecule has 0 spiro atoms. The molecule has 2 N–H and O–H groups in total. The molecule has 7 heteroatoms. The lowest BCUT2D eigenvalue weighted by Gasteiger charge is -2.12. The predicted octanol–water partition coefficient (Wildman–Crippen LogP) is 2.92. The maximum Gasteiger partial charge on any atom is 0.191 e. The van der Waals surface area contributed by atoms with E-state index in [1.54, 1.807) is 19.2 Å². The Morgan fingerprint density at radius 2 is 1.75 bits per heavy atom. The monoisotopic (exact) mass is 461 g/mol. The van der Waals surface area contributed by atoms with Crippen LogP contribution in [0.1, 0.15) is 5.56 Å². The van der Waals surface area contributed by atoms with E-state index >= 15 is 0 Å². The minimum atomic E-state index is -1.03. The van der Waals surface area contributed by atoms with Gasteiger partial charge in [0.15, 0.2) is 5.96 Å². The normalized spacial score (nSPS) is 12.2. The lowest BCUT2D eigenvalue weighted by molar-refractivity contribution is 0.626. The second kappa shape index (κ2) is 11.1. The summed E-state index contributed by atoms with van der Waals surface area (Å²) in [6, 6.07) is 15.7. The largest absolute Gasteiger partial charge is 0.355 e. The summed E-state index contributed by atoms with van der Waals surface area (Å²) in [4.78, 5) is 4.93. The zero-order valence-corrected chi connectivity index (χ0v) is 16.5. The Balaban J connectivity index is 0.00000288. The highest BCUT2D eigenvalue weighted by atomic mass is 127. The quantitative estimate of drug-likeness (QED) is 0.395.